The molecule has 3 amide bonds. The van der Waals surface area contributed by atoms with E-state index in [1.54, 1.807) is 48.5 Å². The molecule has 1 saturated heterocycles. The number of nitrogens with zero attached hydrogens (tertiary/aromatic N) is 1. The van der Waals surface area contributed by atoms with Crippen LogP contribution in [0.25, 0.3) is 0 Å². The van der Waals surface area contributed by atoms with Crippen molar-refractivity contribution in [3.63, 3.8) is 0 Å². The molecule has 3 rings (SSSR count). The Kier molecular flexibility index (Phi) is 9.17. The summed E-state index contributed by atoms with van der Waals surface area (Å²) in [5.41, 5.74) is -0.961. The molecule has 198 valence electrons. The molecule has 0 saturated carbocycles. The highest BCUT2D eigenvalue weighted by molar-refractivity contribution is 7.90. The fourth-order valence-corrected chi connectivity index (χ4v) is 5.35. The van der Waals surface area contributed by atoms with Crippen LogP contribution >= 0.6 is 0 Å². The lowest BCUT2D eigenvalue weighted by atomic mass is 9.92. The number of nitrogens with one attached hydrogen (secondary N) is 2. The zero-order valence-corrected chi connectivity index (χ0v) is 21.6. The lowest BCUT2D eigenvalue weighted by Gasteiger charge is -2.31. The number of Topliss-reactive ketones (excluding diaryl/α,β-unsaturated/α-hetero) is 2. The third-order valence-corrected chi connectivity index (χ3v) is 7.42. The summed E-state index contributed by atoms with van der Waals surface area (Å²) in [5, 5.41) is 4.96. The van der Waals surface area contributed by atoms with Gasteiger partial charge in [0, 0.05) is 18.7 Å². The van der Waals surface area contributed by atoms with E-state index in [1.165, 1.54) is 30.9 Å². The Morgan fingerprint density at radius 3 is 2.11 bits per heavy atom. The van der Waals surface area contributed by atoms with Gasteiger partial charge in [0.05, 0.1) is 24.7 Å². The summed E-state index contributed by atoms with van der Waals surface area (Å²) >= 11 is 0. The normalized spacial score (nSPS) is 14.9. The third-order valence-electron chi connectivity index (χ3n) is 5.81. The maximum absolute atomic E-state index is 13.3. The number of carbonyl (C=O) groups excluding carboxylic acids is 4. The van der Waals surface area contributed by atoms with Crippen molar-refractivity contribution in [3.8, 4) is 0 Å². The van der Waals surface area contributed by atoms with E-state index >= 15 is 0 Å². The van der Waals surface area contributed by atoms with Crippen LogP contribution in [0.3, 0.4) is 0 Å². The van der Waals surface area contributed by atoms with Gasteiger partial charge in [-0.1, -0.05) is 60.7 Å². The van der Waals surface area contributed by atoms with E-state index in [4.69, 9.17) is 4.74 Å². The molecule has 10 nitrogen and oxygen atoms in total. The standard InChI is InChI=1S/C26H31N3O7S/c1-26(2,23(31)22(30)20-11-7-4-8-12-20)28-24(32)21(27-25(33)29-13-15-36-16-14-29)18-37(34,35)17-19-9-5-3-6-10-19/h3-12,21H,13-18H2,1-2H3,(H,27,33)(H,28,32)/t21-/m0/s1. The number of amides is 3. The van der Waals surface area contributed by atoms with Crippen molar-refractivity contribution in [3.05, 3.63) is 71.8 Å². The monoisotopic (exact) mass is 529 g/mol. The van der Waals surface area contributed by atoms with Crippen LogP contribution in [0, 0.1) is 0 Å². The number of rotatable bonds is 10. The van der Waals surface area contributed by atoms with Gasteiger partial charge in [0.2, 0.25) is 17.5 Å². The molecule has 2 aromatic carbocycles. The number of benzene rings is 2. The fourth-order valence-electron chi connectivity index (χ4n) is 3.79. The first-order valence-corrected chi connectivity index (χ1v) is 13.6. The van der Waals surface area contributed by atoms with Gasteiger partial charge in [0.1, 0.15) is 11.6 Å². The Hall–Kier alpha value is -3.57. The topological polar surface area (TPSA) is 139 Å². The van der Waals surface area contributed by atoms with Gasteiger partial charge >= 0.3 is 6.03 Å². The zero-order valence-electron chi connectivity index (χ0n) is 20.8. The predicted molar refractivity (Wildman–Crippen MR) is 137 cm³/mol. The molecule has 0 aromatic heterocycles. The highest BCUT2D eigenvalue weighted by Crippen LogP contribution is 2.13. The van der Waals surface area contributed by atoms with Crippen LogP contribution in [-0.2, 0) is 29.9 Å². The number of hydrogen-bond acceptors (Lipinski definition) is 7. The lowest BCUT2D eigenvalue weighted by molar-refractivity contribution is -0.129. The molecule has 0 bridgehead atoms. The largest absolute Gasteiger partial charge is 0.378 e. The second-order valence-corrected chi connectivity index (χ2v) is 11.4. The summed E-state index contributed by atoms with van der Waals surface area (Å²) in [4.78, 5) is 53.1. The first-order chi connectivity index (χ1) is 17.5. The SMILES string of the molecule is CC(C)(NC(=O)[C@H](CS(=O)(=O)Cc1ccccc1)NC(=O)N1CCOCC1)C(=O)C(=O)c1ccccc1. The highest BCUT2D eigenvalue weighted by atomic mass is 32.2. The average molecular weight is 530 g/mol. The van der Waals surface area contributed by atoms with E-state index < -0.39 is 50.7 Å². The number of hydrogen-bond donors (Lipinski definition) is 2. The molecule has 0 radical (unpaired) electrons. The van der Waals surface area contributed by atoms with Gasteiger partial charge in [-0.15, -0.1) is 0 Å². The molecule has 2 aromatic rings. The quantitative estimate of drug-likeness (QED) is 0.350. The summed E-state index contributed by atoms with van der Waals surface area (Å²) in [6.45, 7) is 3.92. The van der Waals surface area contributed by atoms with Gasteiger partial charge in [-0.3, -0.25) is 14.4 Å². The minimum atomic E-state index is -3.86. The number of ketones is 2. The Labute approximate surface area is 216 Å². The molecule has 1 aliphatic rings. The van der Waals surface area contributed by atoms with E-state index in [-0.39, 0.29) is 24.4 Å². The van der Waals surface area contributed by atoms with Crippen molar-refractivity contribution >= 4 is 33.3 Å². The van der Waals surface area contributed by atoms with Gasteiger partial charge in [-0.2, -0.15) is 0 Å². The summed E-state index contributed by atoms with van der Waals surface area (Å²) in [7, 11) is -3.86. The number of carbonyl (C=O) groups is 4. The molecule has 1 atom stereocenters. The van der Waals surface area contributed by atoms with Crippen LogP contribution in [-0.4, -0.2) is 80.5 Å². The maximum Gasteiger partial charge on any atom is 0.318 e. The van der Waals surface area contributed by atoms with E-state index in [9.17, 15) is 27.6 Å². The van der Waals surface area contributed by atoms with Crippen molar-refractivity contribution in [2.24, 2.45) is 0 Å². The highest BCUT2D eigenvalue weighted by Gasteiger charge is 2.38. The fraction of sp³-hybridized carbons (Fsp3) is 0.385. The molecule has 1 aliphatic heterocycles. The number of morpholine rings is 1. The summed E-state index contributed by atoms with van der Waals surface area (Å²) < 4.78 is 31.2. The molecule has 0 unspecified atom stereocenters. The molecule has 1 heterocycles. The number of urea groups is 1. The minimum Gasteiger partial charge on any atom is -0.378 e. The third kappa shape index (κ3) is 7.96. The minimum absolute atomic E-state index is 0.164. The molecular formula is C26H31N3O7S. The van der Waals surface area contributed by atoms with Crippen molar-refractivity contribution in [2.75, 3.05) is 32.1 Å². The first-order valence-electron chi connectivity index (χ1n) is 11.8. The van der Waals surface area contributed by atoms with Crippen LogP contribution in [0.4, 0.5) is 4.79 Å². The molecule has 0 spiro atoms. The predicted octanol–water partition coefficient (Wildman–Crippen LogP) is 1.36. The maximum atomic E-state index is 13.3. The van der Waals surface area contributed by atoms with Crippen molar-refractivity contribution in [1.29, 1.82) is 0 Å². The van der Waals surface area contributed by atoms with Crippen LogP contribution in [0.1, 0.15) is 29.8 Å². The van der Waals surface area contributed by atoms with Gasteiger partial charge in [-0.25, -0.2) is 13.2 Å². The van der Waals surface area contributed by atoms with Gasteiger partial charge in [0.25, 0.3) is 0 Å². The zero-order chi connectivity index (χ0) is 27.1. The summed E-state index contributed by atoms with van der Waals surface area (Å²) in [6.07, 6.45) is 0. The van der Waals surface area contributed by atoms with Crippen molar-refractivity contribution in [1.82, 2.24) is 15.5 Å². The van der Waals surface area contributed by atoms with Crippen LogP contribution < -0.4 is 10.6 Å². The second kappa shape index (κ2) is 12.1. The molecule has 11 heteroatoms. The van der Waals surface area contributed by atoms with Crippen LogP contribution in [0.2, 0.25) is 0 Å². The number of ether oxygens (including phenoxy) is 1. The molecule has 1 fully saturated rings. The van der Waals surface area contributed by atoms with Crippen molar-refractivity contribution < 1.29 is 32.3 Å². The van der Waals surface area contributed by atoms with Gasteiger partial charge < -0.3 is 20.3 Å². The van der Waals surface area contributed by atoms with Gasteiger partial charge in [0.15, 0.2) is 9.84 Å². The average Bonchev–Trinajstić information content (AvgIpc) is 2.88. The van der Waals surface area contributed by atoms with Crippen molar-refractivity contribution in [2.45, 2.75) is 31.2 Å². The lowest BCUT2D eigenvalue weighted by Crippen LogP contribution is -2.61. The van der Waals surface area contributed by atoms with Crippen LogP contribution in [0.15, 0.2) is 60.7 Å². The molecule has 37 heavy (non-hydrogen) atoms. The second-order valence-electron chi connectivity index (χ2n) is 9.28. The molecular weight excluding hydrogens is 498 g/mol. The van der Waals surface area contributed by atoms with E-state index in [1.807, 2.05) is 0 Å². The Bertz CT molecular complexity index is 1230. The Morgan fingerprint density at radius 2 is 1.51 bits per heavy atom. The Morgan fingerprint density at radius 1 is 0.946 bits per heavy atom. The number of sulfone groups is 1. The summed E-state index contributed by atoms with van der Waals surface area (Å²) in [5.74, 6) is -3.59. The van der Waals surface area contributed by atoms with E-state index in [0.717, 1.165) is 0 Å². The van der Waals surface area contributed by atoms with Crippen LogP contribution in [0.5, 0.6) is 0 Å². The van der Waals surface area contributed by atoms with E-state index in [0.29, 0.717) is 18.8 Å². The Balaban J connectivity index is 1.78. The van der Waals surface area contributed by atoms with Gasteiger partial charge in [-0.05, 0) is 19.4 Å². The summed E-state index contributed by atoms with van der Waals surface area (Å²) in [6, 6.07) is 14.2. The molecule has 2 N–H and O–H groups in total. The van der Waals surface area contributed by atoms with E-state index in [2.05, 4.69) is 10.6 Å². The smallest absolute Gasteiger partial charge is 0.318 e. The first kappa shape index (κ1) is 28.0. The molecule has 0 aliphatic carbocycles.